The number of aliphatic hydroxyl groups is 1. The van der Waals surface area contributed by atoms with E-state index < -0.39 is 46.9 Å². The van der Waals surface area contributed by atoms with E-state index in [0.29, 0.717) is 32.1 Å². The van der Waals surface area contributed by atoms with Gasteiger partial charge in [-0.2, -0.15) is 8.42 Å². The average molecular weight is 705 g/mol. The molecule has 0 spiro atoms. The van der Waals surface area contributed by atoms with Crippen molar-refractivity contribution in [3.8, 4) is 0 Å². The predicted molar refractivity (Wildman–Crippen MR) is 189 cm³/mol. The first-order valence-electron chi connectivity index (χ1n) is 16.1. The summed E-state index contributed by atoms with van der Waals surface area (Å²) in [5, 5.41) is 13.3. The van der Waals surface area contributed by atoms with Gasteiger partial charge in [0.2, 0.25) is 5.91 Å². The van der Waals surface area contributed by atoms with Crippen molar-refractivity contribution < 1.29 is 46.1 Å². The first-order chi connectivity index (χ1) is 22.9. The van der Waals surface area contributed by atoms with Gasteiger partial charge in [-0.3, -0.25) is 9.35 Å². The van der Waals surface area contributed by atoms with E-state index in [4.69, 9.17) is 19.4 Å². The van der Waals surface area contributed by atoms with Gasteiger partial charge in [-0.05, 0) is 72.3 Å². The van der Waals surface area contributed by atoms with E-state index in [1.807, 2.05) is 46.8 Å². The molecule has 2 amide bonds. The number of hydrogen-bond donors (Lipinski definition) is 4. The van der Waals surface area contributed by atoms with E-state index in [0.717, 1.165) is 22.3 Å². The SMILES string of the molecule is C=C(C)C/C(C)=C\C(=O)N/C=C/C(C)=C/[C@@H](C)[C@H]1C/C(C)=C/C=C/CC[C@H](OS(=O)(=O)O)/C=C\[C@@H](O)[C@@H](OC(N)=O)CCC/C=C/C(=O)O1. The number of nitrogens with one attached hydrogen (secondary N) is 1. The molecule has 0 unspecified atom stereocenters. The molecule has 272 valence electrons. The monoisotopic (exact) mass is 704 g/mol. The van der Waals surface area contributed by atoms with E-state index in [9.17, 15) is 32.5 Å². The minimum Gasteiger partial charge on any atom is -0.458 e. The number of rotatable bonds is 10. The summed E-state index contributed by atoms with van der Waals surface area (Å²) >= 11 is 0. The Kier molecular flexibility index (Phi) is 19.8. The van der Waals surface area contributed by atoms with Crippen molar-refractivity contribution >= 4 is 28.4 Å². The highest BCUT2D eigenvalue weighted by Crippen LogP contribution is 2.21. The number of carbonyl (C=O) groups is 3. The molecule has 0 aromatic carbocycles. The molecule has 49 heavy (non-hydrogen) atoms. The molecule has 5 atom stereocenters. The van der Waals surface area contributed by atoms with Crippen molar-refractivity contribution in [2.24, 2.45) is 11.7 Å². The lowest BCUT2D eigenvalue weighted by Crippen LogP contribution is -2.32. The minimum atomic E-state index is -4.79. The first-order valence-corrected chi connectivity index (χ1v) is 17.5. The lowest BCUT2D eigenvalue weighted by atomic mass is 9.95. The van der Waals surface area contributed by atoms with E-state index in [-0.39, 0.29) is 24.7 Å². The number of allylic oxidation sites excluding steroid dienone is 8. The molecular formula is C36H52N2O10S. The van der Waals surface area contributed by atoms with E-state index >= 15 is 0 Å². The van der Waals surface area contributed by atoms with Crippen LogP contribution in [0.15, 0.2) is 95.8 Å². The molecule has 0 saturated carbocycles. The highest BCUT2D eigenvalue weighted by Gasteiger charge is 2.22. The van der Waals surface area contributed by atoms with Gasteiger partial charge < -0.3 is 25.6 Å². The molecule has 1 heterocycles. The number of carbonyl (C=O) groups excluding carboxylic acids is 3. The number of ether oxygens (including phenoxy) is 2. The highest BCUT2D eigenvalue weighted by molar-refractivity contribution is 7.80. The summed E-state index contributed by atoms with van der Waals surface area (Å²) in [6.07, 6.45) is 15.0. The van der Waals surface area contributed by atoms with Crippen LogP contribution in [0.4, 0.5) is 4.79 Å². The van der Waals surface area contributed by atoms with Gasteiger partial charge in [0.25, 0.3) is 0 Å². The Hall–Kier alpha value is -4.04. The molecule has 5 N–H and O–H groups in total. The summed E-state index contributed by atoms with van der Waals surface area (Å²) < 4.78 is 47.6. The lowest BCUT2D eigenvalue weighted by Gasteiger charge is -2.22. The molecule has 0 bridgehead atoms. The Morgan fingerprint density at radius 2 is 1.90 bits per heavy atom. The second-order valence-electron chi connectivity index (χ2n) is 12.2. The number of aliphatic hydroxyl groups excluding tert-OH is 1. The van der Waals surface area contributed by atoms with Gasteiger partial charge in [0.15, 0.2) is 0 Å². The molecular weight excluding hydrogens is 652 g/mol. The molecule has 0 aromatic rings. The normalized spacial score (nSPS) is 26.3. The number of hydrogen-bond acceptors (Lipinski definition) is 9. The number of primary amides is 1. The Bertz CT molecular complexity index is 1450. The maximum absolute atomic E-state index is 12.8. The van der Waals surface area contributed by atoms with Crippen molar-refractivity contribution in [1.29, 1.82) is 0 Å². The molecule has 1 aliphatic heterocycles. The maximum atomic E-state index is 12.8. The van der Waals surface area contributed by atoms with Crippen LogP contribution in [0, 0.1) is 5.92 Å². The molecule has 13 heteroatoms. The number of amides is 2. The topological polar surface area (TPSA) is 192 Å². The van der Waals surface area contributed by atoms with Crippen LogP contribution in [0.25, 0.3) is 0 Å². The highest BCUT2D eigenvalue weighted by atomic mass is 32.3. The summed E-state index contributed by atoms with van der Waals surface area (Å²) in [7, 11) is -4.79. The first kappa shape index (κ1) is 43.0. The smallest absolute Gasteiger partial charge is 0.404 e. The van der Waals surface area contributed by atoms with Gasteiger partial charge >= 0.3 is 22.5 Å². The molecule has 0 saturated heterocycles. The van der Waals surface area contributed by atoms with Crippen molar-refractivity contribution in [3.05, 3.63) is 95.8 Å². The molecule has 1 rings (SSSR count). The van der Waals surface area contributed by atoms with Crippen LogP contribution >= 0.6 is 0 Å². The summed E-state index contributed by atoms with van der Waals surface area (Å²) in [4.78, 5) is 36.4. The van der Waals surface area contributed by atoms with Crippen LogP contribution in [0.3, 0.4) is 0 Å². The Labute approximate surface area is 290 Å². The average Bonchev–Trinajstić information content (AvgIpc) is 2.96. The number of cyclic esters (lactones) is 1. The van der Waals surface area contributed by atoms with Crippen LogP contribution in [0.1, 0.15) is 79.6 Å². The molecule has 0 radical (unpaired) electrons. The zero-order chi connectivity index (χ0) is 37.0. The van der Waals surface area contributed by atoms with Crippen molar-refractivity contribution in [2.75, 3.05) is 0 Å². The zero-order valence-electron chi connectivity index (χ0n) is 29.0. The van der Waals surface area contributed by atoms with Crippen molar-refractivity contribution in [2.45, 2.75) is 104 Å². The fraction of sp³-hybridized carbons (Fsp3) is 0.472. The Balaban J connectivity index is 3.20. The quantitative estimate of drug-likeness (QED) is 0.0689. The van der Waals surface area contributed by atoms with Gasteiger partial charge in [-0.1, -0.05) is 78.3 Å². The van der Waals surface area contributed by atoms with Crippen molar-refractivity contribution in [3.63, 3.8) is 0 Å². The molecule has 0 aliphatic carbocycles. The van der Waals surface area contributed by atoms with Gasteiger partial charge in [-0.25, -0.2) is 13.8 Å². The molecule has 12 nitrogen and oxygen atoms in total. The van der Waals surface area contributed by atoms with Gasteiger partial charge in [-0.15, -0.1) is 0 Å². The predicted octanol–water partition coefficient (Wildman–Crippen LogP) is 6.00. The Morgan fingerprint density at radius 3 is 2.55 bits per heavy atom. The van der Waals surface area contributed by atoms with Crippen LogP contribution < -0.4 is 11.1 Å². The third-order valence-corrected chi connectivity index (χ3v) is 7.59. The van der Waals surface area contributed by atoms with E-state index in [1.54, 1.807) is 30.5 Å². The Morgan fingerprint density at radius 1 is 1.18 bits per heavy atom. The third-order valence-electron chi connectivity index (χ3n) is 7.10. The van der Waals surface area contributed by atoms with Crippen molar-refractivity contribution in [1.82, 2.24) is 5.32 Å². The molecule has 0 fully saturated rings. The molecule has 1 aliphatic rings. The van der Waals surface area contributed by atoms with E-state index in [1.165, 1.54) is 24.3 Å². The van der Waals surface area contributed by atoms with Gasteiger partial charge in [0.05, 0.1) is 6.10 Å². The van der Waals surface area contributed by atoms with Gasteiger partial charge in [0.1, 0.15) is 18.3 Å². The maximum Gasteiger partial charge on any atom is 0.404 e. The van der Waals surface area contributed by atoms with Crippen LogP contribution in [-0.4, -0.2) is 60.5 Å². The van der Waals surface area contributed by atoms with Crippen LogP contribution in [0.2, 0.25) is 0 Å². The minimum absolute atomic E-state index is 0.137. The second-order valence-corrected chi connectivity index (χ2v) is 13.2. The summed E-state index contributed by atoms with van der Waals surface area (Å²) in [5.41, 5.74) is 8.80. The fourth-order valence-electron chi connectivity index (χ4n) is 4.88. The fourth-order valence-corrected chi connectivity index (χ4v) is 5.36. The molecule has 0 aromatic heterocycles. The van der Waals surface area contributed by atoms with Crippen LogP contribution in [0.5, 0.6) is 0 Å². The number of nitrogens with two attached hydrogens (primary N) is 1. The second kappa shape index (κ2) is 22.6. The largest absolute Gasteiger partial charge is 0.458 e. The van der Waals surface area contributed by atoms with E-state index in [2.05, 4.69) is 11.9 Å². The summed E-state index contributed by atoms with van der Waals surface area (Å²) in [5.74, 6) is -0.984. The summed E-state index contributed by atoms with van der Waals surface area (Å²) in [6, 6.07) is 0. The third kappa shape index (κ3) is 21.5. The summed E-state index contributed by atoms with van der Waals surface area (Å²) in [6.45, 7) is 13.3. The van der Waals surface area contributed by atoms with Crippen LogP contribution in [-0.2, 0) is 33.6 Å². The zero-order valence-corrected chi connectivity index (χ0v) is 29.9. The lowest BCUT2D eigenvalue weighted by molar-refractivity contribution is -0.144. The standard InChI is InChI=1S/C36H52N2O10S/c1-25(2)21-28(5)24-34(40)38-20-19-27(4)22-29(6)33-23-26(3)13-9-7-10-14-30(48-49(43,44)45)17-18-31(39)32(47-36(37)42)15-11-8-12-16-35(41)46-33/h7,9,12-13,16-20,22,24,29-33,39H,1,8,10-11,14-15,21,23H2,2-6H3,(H2,37,42)(H,38,40)(H,43,44,45)/b9-7+,16-12+,18-17-,20-19+,26-13+,27-22+,28-24-/t29-,30+,31-,32+,33-/m1/s1. The number of esters is 1. The van der Waals surface area contributed by atoms with Gasteiger partial charge in [0, 0.05) is 30.7 Å².